The lowest BCUT2D eigenvalue weighted by Gasteiger charge is -2.40. The minimum Gasteiger partial charge on any atom is -0.508 e. The van der Waals surface area contributed by atoms with Gasteiger partial charge in [-0.3, -0.25) is 4.31 Å². The van der Waals surface area contributed by atoms with E-state index in [1.54, 1.807) is 34.7 Å². The zero-order chi connectivity index (χ0) is 27.9. The molecule has 3 atom stereocenters. The topological polar surface area (TPSA) is 74.7 Å². The second kappa shape index (κ2) is 10.5. The van der Waals surface area contributed by atoms with Crippen molar-refractivity contribution < 1.29 is 18.3 Å². The van der Waals surface area contributed by atoms with Gasteiger partial charge in [-0.25, -0.2) is 8.42 Å². The molecule has 3 unspecified atom stereocenters. The summed E-state index contributed by atoms with van der Waals surface area (Å²) in [6.45, 7) is 9.52. The van der Waals surface area contributed by atoms with Crippen LogP contribution in [0, 0.1) is 6.92 Å². The van der Waals surface area contributed by atoms with Crippen LogP contribution in [0.1, 0.15) is 59.0 Å². The number of aldehydes is 1. The van der Waals surface area contributed by atoms with Crippen LogP contribution in [-0.2, 0) is 14.8 Å². The maximum atomic E-state index is 14.5. The second-order valence-corrected chi connectivity index (χ2v) is 13.0. The van der Waals surface area contributed by atoms with E-state index in [1.807, 2.05) is 62.4 Å². The summed E-state index contributed by atoms with van der Waals surface area (Å²) >= 11 is 1.57. The van der Waals surface area contributed by atoms with E-state index in [2.05, 4.69) is 12.6 Å². The number of phenols is 1. The van der Waals surface area contributed by atoms with Gasteiger partial charge in [0, 0.05) is 21.2 Å². The molecule has 1 aromatic heterocycles. The fourth-order valence-electron chi connectivity index (χ4n) is 5.35. The number of carbonyl (C=O) groups is 1. The SMILES string of the molecule is C=CC(c1ccc(O)c(C)c1)S(=O)(=O)N1c2ccc(-c3ccc(C(C)C=O)s3)cc2-c2ccccc2C1CC. The standard InChI is InChI=1S/C32H31NO4S2/c1-5-27-25-10-8-7-9-24(25)26-18-22(31-16-15-30(38-31)21(4)19-34)11-13-28(26)33(27)39(36,37)32(6-2)23-12-14-29(35)20(3)17-23/h6-19,21,27,32,35H,2,5H2,1,3-4H3. The fraction of sp³-hybridized carbons (Fsp3) is 0.219. The number of aryl methyl sites for hydroxylation is 1. The van der Waals surface area contributed by atoms with Crippen LogP contribution in [-0.4, -0.2) is 19.8 Å². The molecule has 0 bridgehead atoms. The molecule has 0 radical (unpaired) electrons. The van der Waals surface area contributed by atoms with Crippen molar-refractivity contribution in [1.82, 2.24) is 0 Å². The summed E-state index contributed by atoms with van der Waals surface area (Å²) in [5.41, 5.74) is 5.59. The van der Waals surface area contributed by atoms with Gasteiger partial charge in [0.2, 0.25) is 10.0 Å². The maximum Gasteiger partial charge on any atom is 0.246 e. The highest BCUT2D eigenvalue weighted by Crippen LogP contribution is 2.50. The molecule has 3 aromatic carbocycles. The number of phenolic OH excluding ortho intramolecular Hbond substituents is 1. The van der Waals surface area contributed by atoms with E-state index < -0.39 is 15.3 Å². The second-order valence-electron chi connectivity index (χ2n) is 9.91. The Hall–Kier alpha value is -3.68. The van der Waals surface area contributed by atoms with E-state index in [9.17, 15) is 18.3 Å². The molecule has 1 aliphatic heterocycles. The average molecular weight is 558 g/mol. The van der Waals surface area contributed by atoms with Crippen LogP contribution >= 0.6 is 11.3 Å². The number of anilines is 1. The molecule has 0 spiro atoms. The number of fused-ring (bicyclic) bond motifs is 3. The van der Waals surface area contributed by atoms with Gasteiger partial charge in [0.25, 0.3) is 0 Å². The quantitative estimate of drug-likeness (QED) is 0.176. The molecule has 0 fully saturated rings. The van der Waals surface area contributed by atoms with Gasteiger partial charge in [0.1, 0.15) is 17.3 Å². The Morgan fingerprint density at radius 2 is 1.82 bits per heavy atom. The highest BCUT2D eigenvalue weighted by Gasteiger charge is 2.41. The maximum absolute atomic E-state index is 14.5. The van der Waals surface area contributed by atoms with Crippen molar-refractivity contribution in [2.75, 3.05) is 4.31 Å². The van der Waals surface area contributed by atoms with E-state index in [1.165, 1.54) is 12.1 Å². The molecule has 5 rings (SSSR count). The normalized spacial score (nSPS) is 16.2. The molecule has 200 valence electrons. The van der Waals surface area contributed by atoms with E-state index in [-0.39, 0.29) is 17.7 Å². The van der Waals surface area contributed by atoms with Crippen molar-refractivity contribution in [3.8, 4) is 27.3 Å². The van der Waals surface area contributed by atoms with Crippen molar-refractivity contribution >= 4 is 33.3 Å². The van der Waals surface area contributed by atoms with Crippen LogP contribution in [0.25, 0.3) is 21.6 Å². The van der Waals surface area contributed by atoms with Gasteiger partial charge in [-0.2, -0.15) is 0 Å². The third-order valence-corrected chi connectivity index (χ3v) is 10.9. The van der Waals surface area contributed by atoms with Gasteiger partial charge >= 0.3 is 0 Å². The van der Waals surface area contributed by atoms with Crippen LogP contribution in [0.2, 0.25) is 0 Å². The van der Waals surface area contributed by atoms with E-state index in [0.29, 0.717) is 23.2 Å². The number of carbonyl (C=O) groups excluding carboxylic acids is 1. The van der Waals surface area contributed by atoms with Crippen LogP contribution in [0.5, 0.6) is 5.75 Å². The molecule has 0 amide bonds. The van der Waals surface area contributed by atoms with Crippen LogP contribution in [0.3, 0.4) is 0 Å². The minimum atomic E-state index is -3.96. The Bertz CT molecular complexity index is 1670. The lowest BCUT2D eigenvalue weighted by molar-refractivity contribution is -0.108. The van der Waals surface area contributed by atoms with Crippen molar-refractivity contribution in [2.24, 2.45) is 0 Å². The molecule has 39 heavy (non-hydrogen) atoms. The van der Waals surface area contributed by atoms with Crippen LogP contribution in [0.4, 0.5) is 5.69 Å². The summed E-state index contributed by atoms with van der Waals surface area (Å²) < 4.78 is 30.5. The van der Waals surface area contributed by atoms with E-state index >= 15 is 0 Å². The monoisotopic (exact) mass is 557 g/mol. The van der Waals surface area contributed by atoms with Gasteiger partial charge < -0.3 is 9.90 Å². The first-order valence-corrected chi connectivity index (χ1v) is 15.3. The Morgan fingerprint density at radius 3 is 2.51 bits per heavy atom. The third kappa shape index (κ3) is 4.60. The zero-order valence-corrected chi connectivity index (χ0v) is 23.8. The summed E-state index contributed by atoms with van der Waals surface area (Å²) in [5.74, 6) is -0.0538. The molecule has 5 nitrogen and oxygen atoms in total. The lowest BCUT2D eigenvalue weighted by Crippen LogP contribution is -2.39. The number of hydrogen-bond donors (Lipinski definition) is 1. The van der Waals surface area contributed by atoms with Crippen molar-refractivity contribution in [1.29, 1.82) is 0 Å². The Morgan fingerprint density at radius 1 is 1.05 bits per heavy atom. The van der Waals surface area contributed by atoms with Crippen molar-refractivity contribution in [2.45, 2.75) is 44.4 Å². The first-order chi connectivity index (χ1) is 18.7. The first kappa shape index (κ1) is 26.9. The molecule has 0 aliphatic carbocycles. The predicted octanol–water partition coefficient (Wildman–Crippen LogP) is 7.93. The first-order valence-electron chi connectivity index (χ1n) is 12.9. The smallest absolute Gasteiger partial charge is 0.246 e. The molecular weight excluding hydrogens is 526 g/mol. The number of nitrogens with zero attached hydrogens (tertiary/aromatic N) is 1. The van der Waals surface area contributed by atoms with E-state index in [0.717, 1.165) is 38.3 Å². The molecule has 1 aliphatic rings. The van der Waals surface area contributed by atoms with Crippen molar-refractivity contribution in [3.05, 3.63) is 107 Å². The largest absolute Gasteiger partial charge is 0.508 e. The predicted molar refractivity (Wildman–Crippen MR) is 160 cm³/mol. The Balaban J connectivity index is 1.69. The summed E-state index contributed by atoms with van der Waals surface area (Å²) in [5, 5.41) is 9.04. The fourth-order valence-corrected chi connectivity index (χ4v) is 8.39. The number of hydrogen-bond acceptors (Lipinski definition) is 5. The number of thiophene rings is 1. The average Bonchev–Trinajstić information content (AvgIpc) is 3.44. The van der Waals surface area contributed by atoms with Gasteiger partial charge in [0.05, 0.1) is 11.7 Å². The Kier molecular flexibility index (Phi) is 7.23. The van der Waals surface area contributed by atoms with Gasteiger partial charge in [-0.15, -0.1) is 17.9 Å². The number of aromatic hydroxyl groups is 1. The van der Waals surface area contributed by atoms with Crippen molar-refractivity contribution in [3.63, 3.8) is 0 Å². The molecule has 7 heteroatoms. The highest BCUT2D eigenvalue weighted by molar-refractivity contribution is 7.93. The molecule has 0 saturated heterocycles. The van der Waals surface area contributed by atoms with Gasteiger partial charge in [-0.05, 0) is 71.5 Å². The highest BCUT2D eigenvalue weighted by atomic mass is 32.2. The summed E-state index contributed by atoms with van der Waals surface area (Å²) in [7, 11) is -3.96. The van der Waals surface area contributed by atoms with Crippen LogP contribution < -0.4 is 4.31 Å². The number of sulfonamides is 1. The Labute approximate surface area is 234 Å². The molecule has 1 N–H and O–H groups in total. The van der Waals surface area contributed by atoms with Gasteiger partial charge in [-0.1, -0.05) is 62.4 Å². The zero-order valence-electron chi connectivity index (χ0n) is 22.2. The lowest BCUT2D eigenvalue weighted by atomic mass is 9.87. The van der Waals surface area contributed by atoms with Gasteiger partial charge in [0.15, 0.2) is 0 Å². The minimum absolute atomic E-state index is 0.120. The number of benzene rings is 3. The summed E-state index contributed by atoms with van der Waals surface area (Å²) in [4.78, 5) is 13.3. The molecular formula is C32H31NO4S2. The molecule has 2 heterocycles. The van der Waals surface area contributed by atoms with Crippen LogP contribution in [0.15, 0.2) is 85.5 Å². The summed E-state index contributed by atoms with van der Waals surface area (Å²) in [6.07, 6.45) is 3.00. The molecule has 0 saturated carbocycles. The van der Waals surface area contributed by atoms with E-state index in [4.69, 9.17) is 0 Å². The summed E-state index contributed by atoms with van der Waals surface area (Å²) in [6, 6.07) is 22.4. The molecule has 4 aromatic rings. The third-order valence-electron chi connectivity index (χ3n) is 7.44. The number of rotatable bonds is 8.